The number of amides is 2. The summed E-state index contributed by atoms with van der Waals surface area (Å²) >= 11 is 0. The maximum Gasteiger partial charge on any atom is 0.271 e. The fourth-order valence-corrected chi connectivity index (χ4v) is 3.88. The molecule has 3 aliphatic heterocycles. The van der Waals surface area contributed by atoms with Crippen LogP contribution in [0.25, 0.3) is 0 Å². The summed E-state index contributed by atoms with van der Waals surface area (Å²) in [5.74, 6) is -1.21. The molecule has 4 rings (SSSR count). The Hall–Kier alpha value is -2.36. The third-order valence-corrected chi connectivity index (χ3v) is 5.24. The van der Waals surface area contributed by atoms with Crippen molar-refractivity contribution in [3.8, 4) is 0 Å². The molecule has 3 fully saturated rings. The van der Waals surface area contributed by atoms with Crippen LogP contribution in [0.15, 0.2) is 24.3 Å². The van der Waals surface area contributed by atoms with E-state index in [1.807, 2.05) is 4.90 Å². The van der Waals surface area contributed by atoms with E-state index in [0.29, 0.717) is 39.1 Å². The zero-order valence-electron chi connectivity index (χ0n) is 14.1. The number of nitrogens with zero attached hydrogens (tertiary/aromatic N) is 3. The lowest BCUT2D eigenvalue weighted by Gasteiger charge is -2.39. The Bertz CT molecular complexity index is 751. The van der Waals surface area contributed by atoms with Gasteiger partial charge < -0.3 is 9.47 Å². The third-order valence-electron chi connectivity index (χ3n) is 5.24. The summed E-state index contributed by atoms with van der Waals surface area (Å²) in [5.41, 5.74) is 0.0923. The molecule has 0 saturated carbocycles. The lowest BCUT2D eigenvalue weighted by atomic mass is 10.0. The van der Waals surface area contributed by atoms with E-state index in [0.717, 1.165) is 4.90 Å². The fourth-order valence-electron chi connectivity index (χ4n) is 3.88. The van der Waals surface area contributed by atoms with E-state index in [4.69, 9.17) is 9.47 Å². The average Bonchev–Trinajstić information content (AvgIpc) is 3.20. The largest absolute Gasteiger partial charge is 0.347 e. The molecule has 9 nitrogen and oxygen atoms in total. The van der Waals surface area contributed by atoms with Gasteiger partial charge in [-0.05, 0) is 6.07 Å². The predicted octanol–water partition coefficient (Wildman–Crippen LogP) is 1.07. The van der Waals surface area contributed by atoms with Crippen LogP contribution in [0.1, 0.15) is 19.3 Å². The summed E-state index contributed by atoms with van der Waals surface area (Å²) in [6, 6.07) is 5.05. The molecule has 3 heterocycles. The van der Waals surface area contributed by atoms with Crippen molar-refractivity contribution in [3.05, 3.63) is 34.4 Å². The van der Waals surface area contributed by atoms with E-state index in [-0.39, 0.29) is 29.6 Å². The number of rotatable bonds is 3. The molecule has 0 aromatic heterocycles. The normalized spacial score (nSPS) is 26.0. The maximum absolute atomic E-state index is 12.8. The SMILES string of the molecule is O=C1C[C@H](N2CCC3(CC2)OCCO3)C(=O)N1c1cccc([N+](=O)[O-])c1. The summed E-state index contributed by atoms with van der Waals surface area (Å²) in [5, 5.41) is 11.0. The maximum atomic E-state index is 12.8. The second kappa shape index (κ2) is 6.42. The van der Waals surface area contributed by atoms with Crippen LogP contribution >= 0.6 is 0 Å². The molecule has 0 bridgehead atoms. The summed E-state index contributed by atoms with van der Waals surface area (Å²) in [6.07, 6.45) is 1.39. The van der Waals surface area contributed by atoms with Gasteiger partial charge in [0.05, 0.1) is 36.3 Å². The van der Waals surface area contributed by atoms with Gasteiger partial charge in [-0.25, -0.2) is 4.90 Å². The van der Waals surface area contributed by atoms with Crippen LogP contribution in [0.5, 0.6) is 0 Å². The zero-order valence-corrected chi connectivity index (χ0v) is 14.1. The van der Waals surface area contributed by atoms with Gasteiger partial charge in [0, 0.05) is 38.1 Å². The standard InChI is InChI=1S/C17H19N3O6/c21-15-11-14(18-6-4-17(5-7-18)25-8-9-26-17)16(22)19(15)12-2-1-3-13(10-12)20(23)24/h1-3,10,14H,4-9,11H2/t14-/m0/s1. The molecule has 9 heteroatoms. The van der Waals surface area contributed by atoms with Crippen LogP contribution in [-0.4, -0.2) is 59.8 Å². The van der Waals surface area contributed by atoms with Crippen molar-refractivity contribution in [3.63, 3.8) is 0 Å². The molecule has 26 heavy (non-hydrogen) atoms. The van der Waals surface area contributed by atoms with Crippen molar-refractivity contribution in [2.24, 2.45) is 0 Å². The van der Waals surface area contributed by atoms with E-state index in [1.165, 1.54) is 24.3 Å². The Morgan fingerprint density at radius 3 is 2.50 bits per heavy atom. The lowest BCUT2D eigenvalue weighted by molar-refractivity contribution is -0.384. The molecule has 1 spiro atoms. The van der Waals surface area contributed by atoms with Crippen molar-refractivity contribution in [2.75, 3.05) is 31.2 Å². The van der Waals surface area contributed by atoms with E-state index in [9.17, 15) is 19.7 Å². The van der Waals surface area contributed by atoms with Gasteiger partial charge >= 0.3 is 0 Å². The van der Waals surface area contributed by atoms with Crippen molar-refractivity contribution < 1.29 is 24.0 Å². The fraction of sp³-hybridized carbons (Fsp3) is 0.529. The van der Waals surface area contributed by atoms with Gasteiger partial charge in [0.15, 0.2) is 5.79 Å². The number of anilines is 1. The number of non-ortho nitro benzene ring substituents is 1. The van der Waals surface area contributed by atoms with Crippen LogP contribution in [0.4, 0.5) is 11.4 Å². The Labute approximate surface area is 149 Å². The molecule has 0 radical (unpaired) electrons. The topological polar surface area (TPSA) is 102 Å². The molecule has 1 aromatic carbocycles. The first-order valence-corrected chi connectivity index (χ1v) is 8.62. The van der Waals surface area contributed by atoms with Crippen LogP contribution in [0, 0.1) is 10.1 Å². The van der Waals surface area contributed by atoms with E-state index < -0.39 is 16.8 Å². The second-order valence-corrected chi connectivity index (χ2v) is 6.71. The van der Waals surface area contributed by atoms with Crippen LogP contribution in [-0.2, 0) is 19.1 Å². The Morgan fingerprint density at radius 1 is 1.15 bits per heavy atom. The van der Waals surface area contributed by atoms with Crippen LogP contribution in [0.2, 0.25) is 0 Å². The predicted molar refractivity (Wildman–Crippen MR) is 89.4 cm³/mol. The van der Waals surface area contributed by atoms with Gasteiger partial charge in [-0.15, -0.1) is 0 Å². The third kappa shape index (κ3) is 2.87. The monoisotopic (exact) mass is 361 g/mol. The van der Waals surface area contributed by atoms with Gasteiger partial charge in [0.25, 0.3) is 11.6 Å². The highest BCUT2D eigenvalue weighted by molar-refractivity contribution is 6.22. The molecule has 2 amide bonds. The van der Waals surface area contributed by atoms with Gasteiger partial charge in [-0.3, -0.25) is 24.6 Å². The van der Waals surface area contributed by atoms with E-state index >= 15 is 0 Å². The summed E-state index contributed by atoms with van der Waals surface area (Å²) in [6.45, 7) is 2.38. The molecule has 3 saturated heterocycles. The number of piperidine rings is 1. The minimum absolute atomic E-state index is 0.0796. The first kappa shape index (κ1) is 17.1. The summed E-state index contributed by atoms with van der Waals surface area (Å²) < 4.78 is 11.4. The molecule has 0 unspecified atom stereocenters. The Balaban J connectivity index is 1.49. The minimum atomic E-state index is -0.544. The number of carbonyl (C=O) groups excluding carboxylic acids is 2. The molecule has 1 aromatic rings. The summed E-state index contributed by atoms with van der Waals surface area (Å²) in [7, 11) is 0. The summed E-state index contributed by atoms with van der Waals surface area (Å²) in [4.78, 5) is 38.7. The Morgan fingerprint density at radius 2 is 1.85 bits per heavy atom. The highest BCUT2D eigenvalue weighted by Gasteiger charge is 2.47. The number of likely N-dealkylation sites (tertiary alicyclic amines) is 1. The zero-order chi connectivity index (χ0) is 18.3. The second-order valence-electron chi connectivity index (χ2n) is 6.71. The number of carbonyl (C=O) groups is 2. The smallest absolute Gasteiger partial charge is 0.271 e. The Kier molecular flexibility index (Phi) is 4.22. The number of hydrogen-bond donors (Lipinski definition) is 0. The number of imide groups is 1. The molecular weight excluding hydrogens is 342 g/mol. The average molecular weight is 361 g/mol. The van der Waals surface area contributed by atoms with E-state index in [1.54, 1.807) is 0 Å². The quantitative estimate of drug-likeness (QED) is 0.451. The molecule has 1 atom stereocenters. The van der Waals surface area contributed by atoms with Crippen LogP contribution in [0.3, 0.4) is 0 Å². The first-order chi connectivity index (χ1) is 12.5. The van der Waals surface area contributed by atoms with Crippen LogP contribution < -0.4 is 4.90 Å². The van der Waals surface area contributed by atoms with Gasteiger partial charge in [0.1, 0.15) is 0 Å². The molecule has 3 aliphatic rings. The molecule has 138 valence electrons. The number of ether oxygens (including phenoxy) is 2. The van der Waals surface area contributed by atoms with Gasteiger partial charge in [0.2, 0.25) is 5.91 Å². The molecule has 0 aliphatic carbocycles. The van der Waals surface area contributed by atoms with Crippen molar-refractivity contribution in [1.29, 1.82) is 0 Å². The number of benzene rings is 1. The van der Waals surface area contributed by atoms with Gasteiger partial charge in [-0.1, -0.05) is 6.07 Å². The number of nitro groups is 1. The highest BCUT2D eigenvalue weighted by Crippen LogP contribution is 2.34. The van der Waals surface area contributed by atoms with Crippen molar-refractivity contribution >= 4 is 23.2 Å². The molecule has 0 N–H and O–H groups in total. The van der Waals surface area contributed by atoms with Crippen molar-refractivity contribution in [2.45, 2.75) is 31.1 Å². The van der Waals surface area contributed by atoms with E-state index in [2.05, 4.69) is 0 Å². The van der Waals surface area contributed by atoms with Crippen molar-refractivity contribution in [1.82, 2.24) is 4.90 Å². The lowest BCUT2D eigenvalue weighted by Crippen LogP contribution is -2.51. The molecular formula is C17H19N3O6. The van der Waals surface area contributed by atoms with Gasteiger partial charge in [-0.2, -0.15) is 0 Å². The highest BCUT2D eigenvalue weighted by atomic mass is 16.7. The number of nitro benzene ring substituents is 1. The minimum Gasteiger partial charge on any atom is -0.347 e. The first-order valence-electron chi connectivity index (χ1n) is 8.62. The number of hydrogen-bond acceptors (Lipinski definition) is 7.